The lowest BCUT2D eigenvalue weighted by Gasteiger charge is -2.18. The molecule has 18 heavy (non-hydrogen) atoms. The van der Waals surface area contributed by atoms with Gasteiger partial charge in [0, 0.05) is 25.1 Å². The maximum atomic E-state index is 12.0. The summed E-state index contributed by atoms with van der Waals surface area (Å²) in [4.78, 5) is 12.0. The van der Waals surface area contributed by atoms with Gasteiger partial charge in [0.2, 0.25) is 0 Å². The lowest BCUT2D eigenvalue weighted by molar-refractivity contribution is -0.115. The molecule has 96 valence electrons. The van der Waals surface area contributed by atoms with Gasteiger partial charge >= 0.3 is 0 Å². The summed E-state index contributed by atoms with van der Waals surface area (Å²) < 4.78 is 0. The van der Waals surface area contributed by atoms with Gasteiger partial charge in [0.15, 0.2) is 5.78 Å². The van der Waals surface area contributed by atoms with Crippen LogP contribution in [0.5, 0.6) is 0 Å². The van der Waals surface area contributed by atoms with Crippen molar-refractivity contribution in [3.63, 3.8) is 0 Å². The number of carbonyl (C=O) groups is 1. The molecule has 2 N–H and O–H groups in total. The minimum Gasteiger partial charge on any atom is -0.395 e. The summed E-state index contributed by atoms with van der Waals surface area (Å²) in [5.74, 6) is 0.180. The minimum atomic E-state index is 0.0935. The molecule has 0 aromatic heterocycles. The number of aliphatic hydroxyl groups is 1. The molecule has 0 radical (unpaired) electrons. The molecule has 0 heterocycles. The van der Waals surface area contributed by atoms with Crippen LogP contribution < -0.4 is 5.32 Å². The smallest absolute Gasteiger partial charge is 0.164 e. The van der Waals surface area contributed by atoms with Crippen LogP contribution in [-0.4, -0.2) is 30.6 Å². The van der Waals surface area contributed by atoms with Gasteiger partial charge in [-0.15, -0.1) is 0 Å². The van der Waals surface area contributed by atoms with Crippen LogP contribution in [0.1, 0.15) is 22.3 Å². The van der Waals surface area contributed by atoms with E-state index in [4.69, 9.17) is 5.11 Å². The molecule has 0 aliphatic heterocycles. The molecule has 0 saturated heterocycles. The zero-order valence-corrected chi connectivity index (χ0v) is 10.9. The van der Waals surface area contributed by atoms with Gasteiger partial charge in [-0.2, -0.15) is 0 Å². The van der Waals surface area contributed by atoms with E-state index in [2.05, 4.69) is 31.3 Å². The number of Topliss-reactive ketones (excluding diaryl/α,β-unsaturated/α-hetero) is 1. The highest BCUT2D eigenvalue weighted by Crippen LogP contribution is 2.25. The zero-order chi connectivity index (χ0) is 13.1. The number of rotatable bonds is 4. The number of hydrogen-bond acceptors (Lipinski definition) is 3. The molecule has 1 aromatic rings. The summed E-state index contributed by atoms with van der Waals surface area (Å²) in [7, 11) is 0. The molecule has 1 aliphatic rings. The summed E-state index contributed by atoms with van der Waals surface area (Å²) in [5.41, 5.74) is 5.53. The summed E-state index contributed by atoms with van der Waals surface area (Å²) in [5, 5.41) is 11.8. The second-order valence-corrected chi connectivity index (χ2v) is 4.82. The molecular weight excluding hydrogens is 226 g/mol. The molecule has 3 heteroatoms. The first kappa shape index (κ1) is 13.0. The first-order valence-electron chi connectivity index (χ1n) is 6.27. The van der Waals surface area contributed by atoms with Gasteiger partial charge in [0.1, 0.15) is 0 Å². The summed E-state index contributed by atoms with van der Waals surface area (Å²) in [6.07, 6.45) is 2.47. The summed E-state index contributed by atoms with van der Waals surface area (Å²) in [6.45, 7) is 5.27. The van der Waals surface area contributed by atoms with Gasteiger partial charge in [0.25, 0.3) is 0 Å². The third-order valence-electron chi connectivity index (χ3n) is 3.28. The second kappa shape index (κ2) is 5.46. The quantitative estimate of drug-likeness (QED) is 0.788. The van der Waals surface area contributed by atoms with Gasteiger partial charge in [0.05, 0.1) is 6.61 Å². The van der Waals surface area contributed by atoms with Gasteiger partial charge in [-0.1, -0.05) is 17.7 Å². The molecular formula is C15H19NO2. The number of fused-ring (bicyclic) bond motifs is 1. The second-order valence-electron chi connectivity index (χ2n) is 4.82. The summed E-state index contributed by atoms with van der Waals surface area (Å²) in [6, 6.07) is 4.25. The van der Waals surface area contributed by atoms with Crippen molar-refractivity contribution in [2.24, 2.45) is 0 Å². The van der Waals surface area contributed by atoms with E-state index in [9.17, 15) is 4.79 Å². The van der Waals surface area contributed by atoms with Gasteiger partial charge in [-0.05, 0) is 36.6 Å². The Morgan fingerprint density at radius 3 is 2.83 bits per heavy atom. The largest absolute Gasteiger partial charge is 0.395 e. The molecule has 0 atom stereocenters. The molecule has 2 rings (SSSR count). The zero-order valence-electron chi connectivity index (χ0n) is 10.9. The first-order chi connectivity index (χ1) is 8.61. The van der Waals surface area contributed by atoms with E-state index in [1.54, 1.807) is 0 Å². The minimum absolute atomic E-state index is 0.0935. The highest BCUT2D eigenvalue weighted by Gasteiger charge is 2.19. The Kier molecular flexibility index (Phi) is 3.94. The van der Waals surface area contributed by atoms with E-state index in [1.165, 1.54) is 11.1 Å². The van der Waals surface area contributed by atoms with Gasteiger partial charge < -0.3 is 10.4 Å². The number of benzene rings is 1. The molecule has 0 fully saturated rings. The highest BCUT2D eigenvalue weighted by molar-refractivity contribution is 6.04. The fraction of sp³-hybridized carbons (Fsp3) is 0.400. The van der Waals surface area contributed by atoms with Crippen molar-refractivity contribution in [2.45, 2.75) is 20.3 Å². The van der Waals surface area contributed by atoms with Crippen LogP contribution in [0.15, 0.2) is 17.7 Å². The predicted octanol–water partition coefficient (Wildman–Crippen LogP) is 1.39. The summed E-state index contributed by atoms with van der Waals surface area (Å²) >= 11 is 0. The van der Waals surface area contributed by atoms with Crippen molar-refractivity contribution < 1.29 is 9.90 Å². The normalized spacial score (nSPS) is 14.4. The van der Waals surface area contributed by atoms with Crippen LogP contribution in [0, 0.1) is 13.8 Å². The topological polar surface area (TPSA) is 49.3 Å². The predicted molar refractivity (Wildman–Crippen MR) is 72.6 cm³/mol. The Balaban J connectivity index is 2.27. The average Bonchev–Trinajstić information content (AvgIpc) is 2.31. The standard InChI is InChI=1S/C15H19NO2/c1-10-5-11(2)14-8-15(18)13(7-12(14)6-10)9-16-3-4-17/h5-7,16-17H,3-4,8-9H2,1-2H3. The van der Waals surface area contributed by atoms with Crippen molar-refractivity contribution in [1.29, 1.82) is 0 Å². The number of ketones is 1. The van der Waals surface area contributed by atoms with Gasteiger partial charge in [-0.25, -0.2) is 0 Å². The van der Waals surface area contributed by atoms with Gasteiger partial charge in [-0.3, -0.25) is 4.79 Å². The van der Waals surface area contributed by atoms with E-state index in [0.717, 1.165) is 16.7 Å². The lowest BCUT2D eigenvalue weighted by Crippen LogP contribution is -2.26. The third kappa shape index (κ3) is 2.68. The SMILES string of the molecule is Cc1cc(C)c2c(c1)C=C(CNCCO)C(=O)C2. The average molecular weight is 245 g/mol. The van der Waals surface area contributed by atoms with Crippen molar-refractivity contribution >= 4 is 11.9 Å². The Morgan fingerprint density at radius 2 is 2.11 bits per heavy atom. The number of nitrogens with one attached hydrogen (secondary N) is 1. The molecule has 1 aromatic carbocycles. The van der Waals surface area contributed by atoms with Crippen LogP contribution in [0.4, 0.5) is 0 Å². The van der Waals surface area contributed by atoms with E-state index in [0.29, 0.717) is 19.5 Å². The molecule has 0 spiro atoms. The van der Waals surface area contributed by atoms with Crippen LogP contribution in [0.2, 0.25) is 0 Å². The number of aryl methyl sites for hydroxylation is 2. The Hall–Kier alpha value is -1.45. The van der Waals surface area contributed by atoms with Crippen molar-refractivity contribution in [3.05, 3.63) is 40.0 Å². The Bertz CT molecular complexity index is 503. The number of hydrogen-bond donors (Lipinski definition) is 2. The van der Waals surface area contributed by atoms with Crippen molar-refractivity contribution in [2.75, 3.05) is 19.7 Å². The first-order valence-corrected chi connectivity index (χ1v) is 6.27. The molecule has 3 nitrogen and oxygen atoms in total. The fourth-order valence-electron chi connectivity index (χ4n) is 2.39. The molecule has 0 saturated carbocycles. The third-order valence-corrected chi connectivity index (χ3v) is 3.28. The monoisotopic (exact) mass is 245 g/mol. The number of carbonyl (C=O) groups excluding carboxylic acids is 1. The maximum absolute atomic E-state index is 12.0. The Labute approximate surface area is 108 Å². The highest BCUT2D eigenvalue weighted by atomic mass is 16.3. The molecule has 0 unspecified atom stereocenters. The lowest BCUT2D eigenvalue weighted by atomic mass is 9.87. The van der Waals surface area contributed by atoms with E-state index in [1.807, 2.05) is 6.08 Å². The van der Waals surface area contributed by atoms with Crippen molar-refractivity contribution in [3.8, 4) is 0 Å². The fourth-order valence-corrected chi connectivity index (χ4v) is 2.39. The van der Waals surface area contributed by atoms with E-state index < -0.39 is 0 Å². The molecule has 0 bridgehead atoms. The Morgan fingerprint density at radius 1 is 1.33 bits per heavy atom. The van der Waals surface area contributed by atoms with E-state index in [-0.39, 0.29) is 12.4 Å². The van der Waals surface area contributed by atoms with Crippen LogP contribution in [-0.2, 0) is 11.2 Å². The van der Waals surface area contributed by atoms with Crippen LogP contribution in [0.3, 0.4) is 0 Å². The van der Waals surface area contributed by atoms with E-state index >= 15 is 0 Å². The van der Waals surface area contributed by atoms with Crippen LogP contribution >= 0.6 is 0 Å². The van der Waals surface area contributed by atoms with Crippen molar-refractivity contribution in [1.82, 2.24) is 5.32 Å². The van der Waals surface area contributed by atoms with Crippen LogP contribution in [0.25, 0.3) is 6.08 Å². The molecule has 1 aliphatic carbocycles. The maximum Gasteiger partial charge on any atom is 0.164 e. The molecule has 0 amide bonds. The number of aliphatic hydroxyl groups excluding tert-OH is 1.